The van der Waals surface area contributed by atoms with Crippen LogP contribution in [0.15, 0.2) is 40.8 Å². The van der Waals surface area contributed by atoms with Crippen molar-refractivity contribution in [1.29, 1.82) is 0 Å². The first-order valence-electron chi connectivity index (χ1n) is 8.49. The van der Waals surface area contributed by atoms with E-state index in [1.807, 2.05) is 12.1 Å². The summed E-state index contributed by atoms with van der Waals surface area (Å²) in [7, 11) is 0. The maximum atomic E-state index is 12.4. The fraction of sp³-hybridized carbons (Fsp3) is 0.368. The number of urea groups is 1. The zero-order chi connectivity index (χ0) is 18.0. The van der Waals surface area contributed by atoms with Crippen LogP contribution in [-0.4, -0.2) is 36.0 Å². The Morgan fingerprint density at radius 1 is 1.28 bits per heavy atom. The molecule has 25 heavy (non-hydrogen) atoms. The standard InChI is InChI=1S/C19H23N3O3/c1-12(2)13-4-3-5-14(10-13)16-6-7-17(25-16)18(23)21-15-8-9-22(11-15)19(20)24/h3-7,10,12,15H,8-9,11H2,1-2H3,(H2,20,24)(H,21,23)/t15-/m0/s1. The molecular formula is C19H23N3O3. The number of nitrogens with one attached hydrogen (secondary N) is 1. The Balaban J connectivity index is 1.68. The maximum Gasteiger partial charge on any atom is 0.314 e. The highest BCUT2D eigenvalue weighted by Gasteiger charge is 2.27. The van der Waals surface area contributed by atoms with Gasteiger partial charge in [0, 0.05) is 24.7 Å². The number of rotatable bonds is 4. The van der Waals surface area contributed by atoms with Gasteiger partial charge in [0.1, 0.15) is 5.76 Å². The van der Waals surface area contributed by atoms with Crippen LogP contribution in [0.1, 0.15) is 42.3 Å². The number of nitrogens with two attached hydrogens (primary N) is 1. The summed E-state index contributed by atoms with van der Waals surface area (Å²) in [5.74, 6) is 1.08. The lowest BCUT2D eigenvalue weighted by atomic mass is 10.0. The van der Waals surface area contributed by atoms with Gasteiger partial charge in [0.05, 0.1) is 0 Å². The molecule has 1 aliphatic heterocycles. The van der Waals surface area contributed by atoms with E-state index in [-0.39, 0.29) is 17.7 Å². The summed E-state index contributed by atoms with van der Waals surface area (Å²) in [6.45, 7) is 5.27. The molecule has 6 heteroatoms. The third-order valence-corrected chi connectivity index (χ3v) is 4.50. The predicted molar refractivity (Wildman–Crippen MR) is 95.3 cm³/mol. The molecular weight excluding hydrogens is 318 g/mol. The van der Waals surface area contributed by atoms with Gasteiger partial charge in [0.25, 0.3) is 5.91 Å². The number of likely N-dealkylation sites (tertiary alicyclic amines) is 1. The lowest BCUT2D eigenvalue weighted by molar-refractivity contribution is 0.0911. The van der Waals surface area contributed by atoms with Gasteiger partial charge in [-0.3, -0.25) is 4.79 Å². The zero-order valence-corrected chi connectivity index (χ0v) is 14.5. The third kappa shape index (κ3) is 3.84. The molecule has 2 heterocycles. The van der Waals surface area contributed by atoms with Crippen molar-refractivity contribution in [3.63, 3.8) is 0 Å². The van der Waals surface area contributed by atoms with Crippen LogP contribution in [0.5, 0.6) is 0 Å². The van der Waals surface area contributed by atoms with Crippen molar-refractivity contribution in [2.24, 2.45) is 5.73 Å². The summed E-state index contributed by atoms with van der Waals surface area (Å²) in [6, 6.07) is 11.0. The molecule has 1 aromatic carbocycles. The molecule has 3 amide bonds. The van der Waals surface area contributed by atoms with Gasteiger partial charge in [-0.1, -0.05) is 32.0 Å². The van der Waals surface area contributed by atoms with Gasteiger partial charge in [-0.05, 0) is 36.1 Å². The Bertz CT molecular complexity index is 782. The Morgan fingerprint density at radius 3 is 2.76 bits per heavy atom. The Kier molecular flexibility index (Phi) is 4.79. The van der Waals surface area contributed by atoms with Crippen LogP contribution in [0.2, 0.25) is 0 Å². The van der Waals surface area contributed by atoms with E-state index in [1.165, 1.54) is 10.5 Å². The van der Waals surface area contributed by atoms with Gasteiger partial charge >= 0.3 is 6.03 Å². The summed E-state index contributed by atoms with van der Waals surface area (Å²) in [6.07, 6.45) is 0.693. The van der Waals surface area contributed by atoms with Crippen molar-refractivity contribution in [3.05, 3.63) is 47.7 Å². The number of furan rings is 1. The molecule has 132 valence electrons. The van der Waals surface area contributed by atoms with Crippen LogP contribution in [0.3, 0.4) is 0 Å². The summed E-state index contributed by atoms with van der Waals surface area (Å²) < 4.78 is 5.73. The number of primary amides is 1. The van der Waals surface area contributed by atoms with E-state index < -0.39 is 6.03 Å². The Morgan fingerprint density at radius 2 is 2.08 bits per heavy atom. The van der Waals surface area contributed by atoms with Crippen LogP contribution in [0.25, 0.3) is 11.3 Å². The second-order valence-electron chi connectivity index (χ2n) is 6.69. The average Bonchev–Trinajstić information content (AvgIpc) is 3.24. The lowest BCUT2D eigenvalue weighted by Gasteiger charge is -2.13. The first-order valence-corrected chi connectivity index (χ1v) is 8.49. The van der Waals surface area contributed by atoms with Crippen molar-refractivity contribution in [1.82, 2.24) is 10.2 Å². The molecule has 1 fully saturated rings. The van der Waals surface area contributed by atoms with Crippen LogP contribution in [-0.2, 0) is 0 Å². The van der Waals surface area contributed by atoms with Gasteiger partial charge in [0.15, 0.2) is 5.76 Å². The SMILES string of the molecule is CC(C)c1cccc(-c2ccc(C(=O)N[C@H]3CCN(C(N)=O)C3)o2)c1. The summed E-state index contributed by atoms with van der Waals surface area (Å²) >= 11 is 0. The van der Waals surface area contributed by atoms with Crippen LogP contribution in [0.4, 0.5) is 4.79 Å². The minimum Gasteiger partial charge on any atom is -0.451 e. The Labute approximate surface area is 147 Å². The van der Waals surface area contributed by atoms with Crippen LogP contribution in [0, 0.1) is 0 Å². The molecule has 1 saturated heterocycles. The topological polar surface area (TPSA) is 88.6 Å². The van der Waals surface area contributed by atoms with Gasteiger partial charge in [0.2, 0.25) is 0 Å². The number of amides is 3. The Hall–Kier alpha value is -2.76. The van der Waals surface area contributed by atoms with Gasteiger partial charge in [-0.15, -0.1) is 0 Å². The molecule has 3 rings (SSSR count). The number of carbonyl (C=O) groups excluding carboxylic acids is 2. The number of nitrogens with zero attached hydrogens (tertiary/aromatic N) is 1. The predicted octanol–water partition coefficient (Wildman–Crippen LogP) is 2.95. The van der Waals surface area contributed by atoms with Crippen molar-refractivity contribution in [3.8, 4) is 11.3 Å². The fourth-order valence-electron chi connectivity index (χ4n) is 3.00. The van der Waals surface area contributed by atoms with Crippen molar-refractivity contribution in [2.45, 2.75) is 32.2 Å². The van der Waals surface area contributed by atoms with E-state index in [0.29, 0.717) is 31.2 Å². The highest BCUT2D eigenvalue weighted by atomic mass is 16.3. The van der Waals surface area contributed by atoms with E-state index in [4.69, 9.17) is 10.2 Å². The molecule has 0 radical (unpaired) electrons. The summed E-state index contributed by atoms with van der Waals surface area (Å²) in [5, 5.41) is 2.89. The first-order chi connectivity index (χ1) is 11.9. The van der Waals surface area contributed by atoms with Gasteiger partial charge < -0.3 is 20.4 Å². The molecule has 0 bridgehead atoms. The largest absolute Gasteiger partial charge is 0.451 e. The molecule has 0 spiro atoms. The summed E-state index contributed by atoms with van der Waals surface area (Å²) in [4.78, 5) is 25.0. The lowest BCUT2D eigenvalue weighted by Crippen LogP contribution is -2.39. The highest BCUT2D eigenvalue weighted by Crippen LogP contribution is 2.26. The first kappa shape index (κ1) is 17.1. The number of carbonyl (C=O) groups is 2. The number of hydrogen-bond donors (Lipinski definition) is 2. The van der Waals surface area contributed by atoms with Gasteiger partial charge in [-0.25, -0.2) is 4.79 Å². The van der Waals surface area contributed by atoms with E-state index >= 15 is 0 Å². The van der Waals surface area contributed by atoms with E-state index in [2.05, 4.69) is 31.3 Å². The van der Waals surface area contributed by atoms with Crippen LogP contribution >= 0.6 is 0 Å². The van der Waals surface area contributed by atoms with E-state index in [0.717, 1.165) is 5.56 Å². The maximum absolute atomic E-state index is 12.4. The van der Waals surface area contributed by atoms with Crippen molar-refractivity contribution < 1.29 is 14.0 Å². The average molecular weight is 341 g/mol. The van der Waals surface area contributed by atoms with E-state index in [9.17, 15) is 9.59 Å². The second kappa shape index (κ2) is 7.01. The molecule has 1 aliphatic rings. The zero-order valence-electron chi connectivity index (χ0n) is 14.5. The smallest absolute Gasteiger partial charge is 0.314 e. The minimum atomic E-state index is -0.456. The monoisotopic (exact) mass is 341 g/mol. The summed E-state index contributed by atoms with van der Waals surface area (Å²) in [5.41, 5.74) is 7.43. The molecule has 1 aromatic heterocycles. The molecule has 3 N–H and O–H groups in total. The van der Waals surface area contributed by atoms with E-state index in [1.54, 1.807) is 12.1 Å². The van der Waals surface area contributed by atoms with Crippen molar-refractivity contribution >= 4 is 11.9 Å². The molecule has 0 aliphatic carbocycles. The fourth-order valence-corrected chi connectivity index (χ4v) is 3.00. The number of hydrogen-bond acceptors (Lipinski definition) is 3. The molecule has 1 atom stereocenters. The molecule has 6 nitrogen and oxygen atoms in total. The van der Waals surface area contributed by atoms with Gasteiger partial charge in [-0.2, -0.15) is 0 Å². The molecule has 2 aromatic rings. The highest BCUT2D eigenvalue weighted by molar-refractivity contribution is 5.92. The quantitative estimate of drug-likeness (QED) is 0.896. The van der Waals surface area contributed by atoms with Crippen LogP contribution < -0.4 is 11.1 Å². The van der Waals surface area contributed by atoms with Crippen molar-refractivity contribution in [2.75, 3.05) is 13.1 Å². The third-order valence-electron chi connectivity index (χ3n) is 4.50. The normalized spacial score (nSPS) is 17.1. The minimum absolute atomic E-state index is 0.0992. The molecule has 0 saturated carbocycles. The second-order valence-corrected chi connectivity index (χ2v) is 6.69. The number of benzene rings is 1. The molecule has 0 unspecified atom stereocenters.